The van der Waals surface area contributed by atoms with Gasteiger partial charge in [-0.2, -0.15) is 26.3 Å². The van der Waals surface area contributed by atoms with Crippen molar-refractivity contribution in [2.24, 2.45) is 0 Å². The molecule has 2 atom stereocenters. The first kappa shape index (κ1) is 31.4. The Morgan fingerprint density at radius 3 is 1.27 bits per heavy atom. The van der Waals surface area contributed by atoms with E-state index in [1.54, 1.807) is 24.3 Å². The minimum absolute atomic E-state index is 0.0504. The topological polar surface area (TPSA) is 64.5 Å². The van der Waals surface area contributed by atoms with Gasteiger partial charge >= 0.3 is 12.4 Å². The van der Waals surface area contributed by atoms with Crippen LogP contribution in [0.5, 0.6) is 11.5 Å². The predicted octanol–water partition coefficient (Wildman–Crippen LogP) is 8.66. The van der Waals surface area contributed by atoms with Crippen molar-refractivity contribution in [3.63, 3.8) is 0 Å². The standard InChI is InChI=1S/C34H32F6N2O2/c35-33(36,37)27-15-3-1-11-23(27)25-13-7-9-21(31(25)43)19-41-29-17-5-6-18-30(29)42-20-22-10-8-14-26(32(22)44)24-12-2-4-16-28(24)34(38,39)40/h1-4,7-16,29-30,41-44H,5-6,17-20H2/t29-,30-/m1/s1. The van der Waals surface area contributed by atoms with E-state index in [1.807, 2.05) is 0 Å². The molecule has 232 valence electrons. The Kier molecular flexibility index (Phi) is 9.22. The molecule has 4 aromatic carbocycles. The van der Waals surface area contributed by atoms with Crippen molar-refractivity contribution in [2.75, 3.05) is 0 Å². The summed E-state index contributed by atoms with van der Waals surface area (Å²) in [6, 6.07) is 19.6. The normalized spacial score (nSPS) is 17.5. The number of hydrogen-bond acceptors (Lipinski definition) is 4. The molecule has 5 rings (SSSR count). The van der Waals surface area contributed by atoms with E-state index in [1.165, 1.54) is 48.5 Å². The fourth-order valence-electron chi connectivity index (χ4n) is 5.93. The Morgan fingerprint density at radius 2 is 0.886 bits per heavy atom. The van der Waals surface area contributed by atoms with Crippen molar-refractivity contribution in [3.8, 4) is 33.8 Å². The number of benzene rings is 4. The number of halogens is 6. The van der Waals surface area contributed by atoms with E-state index in [0.29, 0.717) is 11.1 Å². The SMILES string of the molecule is Oc1c(CN[C@@H]2CCCC[C@H]2NCc2cccc(-c3ccccc3C(F)(F)F)c2O)cccc1-c1ccccc1C(F)(F)F. The molecule has 1 saturated carbocycles. The van der Waals surface area contributed by atoms with Crippen molar-refractivity contribution in [3.05, 3.63) is 107 Å². The quantitative estimate of drug-likeness (QED) is 0.150. The molecule has 0 radical (unpaired) electrons. The van der Waals surface area contributed by atoms with Gasteiger partial charge in [0.2, 0.25) is 0 Å². The van der Waals surface area contributed by atoms with Crippen molar-refractivity contribution >= 4 is 0 Å². The first-order chi connectivity index (χ1) is 20.9. The average Bonchev–Trinajstić information content (AvgIpc) is 3.00. The highest BCUT2D eigenvalue weighted by Gasteiger charge is 2.35. The summed E-state index contributed by atoms with van der Waals surface area (Å²) in [5, 5.41) is 28.8. The van der Waals surface area contributed by atoms with Crippen LogP contribution in [0.1, 0.15) is 47.9 Å². The van der Waals surface area contributed by atoms with Gasteiger partial charge in [-0.15, -0.1) is 0 Å². The van der Waals surface area contributed by atoms with Crippen molar-refractivity contribution in [2.45, 2.75) is 63.2 Å². The Morgan fingerprint density at radius 1 is 0.523 bits per heavy atom. The molecule has 10 heteroatoms. The molecule has 0 aliphatic heterocycles. The van der Waals surface area contributed by atoms with E-state index in [9.17, 15) is 36.6 Å². The molecule has 0 spiro atoms. The van der Waals surface area contributed by atoms with Crippen LogP contribution < -0.4 is 10.6 Å². The molecule has 0 amide bonds. The number of phenols is 2. The summed E-state index contributed by atoms with van der Waals surface area (Å²) in [5.74, 6) is -0.448. The van der Waals surface area contributed by atoms with Gasteiger partial charge in [0.15, 0.2) is 0 Å². The fourth-order valence-corrected chi connectivity index (χ4v) is 5.93. The Hall–Kier alpha value is -4.02. The second-order valence-corrected chi connectivity index (χ2v) is 11.0. The maximum Gasteiger partial charge on any atom is 0.417 e. The third-order valence-electron chi connectivity index (χ3n) is 8.16. The number of para-hydroxylation sites is 2. The molecular weight excluding hydrogens is 582 g/mol. The van der Waals surface area contributed by atoms with E-state index in [0.717, 1.165) is 37.8 Å². The zero-order chi connectivity index (χ0) is 31.5. The summed E-state index contributed by atoms with van der Waals surface area (Å²) in [6.45, 7) is 0.428. The Labute approximate surface area is 251 Å². The second kappa shape index (κ2) is 12.9. The minimum atomic E-state index is -4.58. The molecule has 1 aliphatic rings. The molecule has 0 bridgehead atoms. The molecule has 4 nitrogen and oxygen atoms in total. The number of rotatable bonds is 8. The van der Waals surface area contributed by atoms with Gasteiger partial charge in [0.25, 0.3) is 0 Å². The number of aromatic hydroxyl groups is 2. The third-order valence-corrected chi connectivity index (χ3v) is 8.16. The fraction of sp³-hybridized carbons (Fsp3) is 0.294. The summed E-state index contributed by atoms with van der Waals surface area (Å²) >= 11 is 0. The highest BCUT2D eigenvalue weighted by Crippen LogP contribution is 2.42. The lowest BCUT2D eigenvalue weighted by Gasteiger charge is -2.33. The molecule has 0 heterocycles. The molecule has 0 saturated heterocycles. The number of nitrogens with one attached hydrogen (secondary N) is 2. The minimum Gasteiger partial charge on any atom is -0.507 e. The Balaban J connectivity index is 1.30. The lowest BCUT2D eigenvalue weighted by molar-refractivity contribution is -0.137. The van der Waals surface area contributed by atoms with Gasteiger partial charge in [-0.05, 0) is 36.1 Å². The third kappa shape index (κ3) is 6.87. The number of phenolic OH excluding ortho intramolecular Hbond substituents is 2. The van der Waals surface area contributed by atoms with E-state index in [2.05, 4.69) is 10.6 Å². The highest BCUT2D eigenvalue weighted by molar-refractivity contribution is 5.76. The van der Waals surface area contributed by atoms with Crippen molar-refractivity contribution in [1.29, 1.82) is 0 Å². The monoisotopic (exact) mass is 614 g/mol. The zero-order valence-corrected chi connectivity index (χ0v) is 23.6. The molecule has 1 fully saturated rings. The molecule has 1 aliphatic carbocycles. The zero-order valence-electron chi connectivity index (χ0n) is 23.6. The van der Waals surface area contributed by atoms with Gasteiger partial charge in [0, 0.05) is 47.4 Å². The lowest BCUT2D eigenvalue weighted by atomic mass is 9.89. The van der Waals surface area contributed by atoms with Crippen LogP contribution in [-0.4, -0.2) is 22.3 Å². The predicted molar refractivity (Wildman–Crippen MR) is 157 cm³/mol. The summed E-state index contributed by atoms with van der Waals surface area (Å²) in [7, 11) is 0. The number of hydrogen-bond donors (Lipinski definition) is 4. The first-order valence-corrected chi connectivity index (χ1v) is 14.4. The van der Waals surface area contributed by atoms with Crippen LogP contribution in [0.15, 0.2) is 84.9 Å². The van der Waals surface area contributed by atoms with Gasteiger partial charge in [-0.3, -0.25) is 0 Å². The van der Waals surface area contributed by atoms with Crippen molar-refractivity contribution in [1.82, 2.24) is 10.6 Å². The van der Waals surface area contributed by atoms with Gasteiger partial charge in [-0.1, -0.05) is 85.6 Å². The second-order valence-electron chi connectivity index (χ2n) is 11.0. The molecule has 4 N–H and O–H groups in total. The molecular formula is C34H32F6N2O2. The van der Waals surface area contributed by atoms with Crippen LogP contribution in [0.4, 0.5) is 26.3 Å². The summed E-state index contributed by atoms with van der Waals surface area (Å²) in [4.78, 5) is 0. The largest absolute Gasteiger partial charge is 0.507 e. The van der Waals surface area contributed by atoms with E-state index >= 15 is 0 Å². The van der Waals surface area contributed by atoms with Crippen molar-refractivity contribution < 1.29 is 36.6 Å². The molecule has 0 aromatic heterocycles. The summed E-state index contributed by atoms with van der Waals surface area (Å²) in [6.07, 6.45) is -5.63. The summed E-state index contributed by atoms with van der Waals surface area (Å²) < 4.78 is 81.8. The van der Waals surface area contributed by atoms with Crippen LogP contribution in [0, 0.1) is 0 Å². The van der Waals surface area contributed by atoms with E-state index in [-0.39, 0.29) is 58.9 Å². The smallest absolute Gasteiger partial charge is 0.417 e. The number of alkyl halides is 6. The first-order valence-electron chi connectivity index (χ1n) is 14.4. The van der Waals surface area contributed by atoms with Gasteiger partial charge in [0.05, 0.1) is 11.1 Å². The van der Waals surface area contributed by atoms with Gasteiger partial charge in [0.1, 0.15) is 11.5 Å². The summed E-state index contributed by atoms with van der Waals surface area (Å²) in [5.41, 5.74) is -0.754. The average molecular weight is 615 g/mol. The van der Waals surface area contributed by atoms with Crippen LogP contribution in [0.2, 0.25) is 0 Å². The molecule has 44 heavy (non-hydrogen) atoms. The lowest BCUT2D eigenvalue weighted by Crippen LogP contribution is -2.49. The van der Waals surface area contributed by atoms with Gasteiger partial charge < -0.3 is 20.8 Å². The van der Waals surface area contributed by atoms with E-state index < -0.39 is 23.5 Å². The maximum atomic E-state index is 13.6. The van der Waals surface area contributed by atoms with Crippen LogP contribution in [0.3, 0.4) is 0 Å². The van der Waals surface area contributed by atoms with Crippen LogP contribution in [0.25, 0.3) is 22.3 Å². The highest BCUT2D eigenvalue weighted by atomic mass is 19.4. The van der Waals surface area contributed by atoms with Gasteiger partial charge in [-0.25, -0.2) is 0 Å². The van der Waals surface area contributed by atoms with Crippen LogP contribution in [-0.2, 0) is 25.4 Å². The molecule has 4 aromatic rings. The Bertz CT molecular complexity index is 1480. The van der Waals surface area contributed by atoms with Crippen LogP contribution >= 0.6 is 0 Å². The molecule has 0 unspecified atom stereocenters. The van der Waals surface area contributed by atoms with E-state index in [4.69, 9.17) is 0 Å². The maximum absolute atomic E-state index is 13.6.